The van der Waals surface area contributed by atoms with E-state index in [2.05, 4.69) is 10.3 Å². The minimum Gasteiger partial charge on any atom is -0.477 e. The second kappa shape index (κ2) is 7.09. The number of methoxy groups -OCH3 is 1. The first-order valence-electron chi connectivity index (χ1n) is 6.68. The predicted octanol–water partition coefficient (Wildman–Crippen LogP) is 1.64. The van der Waals surface area contributed by atoms with Gasteiger partial charge in [0.15, 0.2) is 0 Å². The van der Waals surface area contributed by atoms with Gasteiger partial charge in [0.25, 0.3) is 0 Å². The van der Waals surface area contributed by atoms with E-state index in [9.17, 15) is 4.79 Å². The van der Waals surface area contributed by atoms with Gasteiger partial charge in [-0.3, -0.25) is 0 Å². The molecule has 0 bridgehead atoms. The van der Waals surface area contributed by atoms with Crippen molar-refractivity contribution in [1.29, 1.82) is 0 Å². The quantitative estimate of drug-likeness (QED) is 0.819. The lowest BCUT2D eigenvalue weighted by Gasteiger charge is -2.22. The number of carbonyl (C=O) groups excluding carboxylic acids is 1. The summed E-state index contributed by atoms with van der Waals surface area (Å²) < 4.78 is 10.3. The van der Waals surface area contributed by atoms with Crippen molar-refractivity contribution in [2.75, 3.05) is 26.8 Å². The number of esters is 1. The van der Waals surface area contributed by atoms with Crippen LogP contribution in [-0.4, -0.2) is 37.8 Å². The van der Waals surface area contributed by atoms with Crippen molar-refractivity contribution in [3.8, 4) is 5.88 Å². The molecule has 5 nitrogen and oxygen atoms in total. The van der Waals surface area contributed by atoms with Crippen LogP contribution in [0, 0.1) is 5.92 Å². The van der Waals surface area contributed by atoms with Crippen LogP contribution in [0.5, 0.6) is 5.88 Å². The van der Waals surface area contributed by atoms with Gasteiger partial charge in [0.05, 0.1) is 13.7 Å². The molecule has 0 radical (unpaired) electrons. The van der Waals surface area contributed by atoms with Crippen LogP contribution in [0.15, 0.2) is 18.3 Å². The highest BCUT2D eigenvalue weighted by Gasteiger charge is 2.16. The molecule has 1 N–H and O–H groups in total. The maximum atomic E-state index is 11.5. The summed E-state index contributed by atoms with van der Waals surface area (Å²) in [7, 11) is 1.35. The van der Waals surface area contributed by atoms with Crippen molar-refractivity contribution < 1.29 is 14.3 Å². The lowest BCUT2D eigenvalue weighted by Crippen LogP contribution is -2.30. The van der Waals surface area contributed by atoms with Gasteiger partial charge in [-0.15, -0.1) is 0 Å². The third-order valence-corrected chi connectivity index (χ3v) is 3.34. The molecule has 1 aromatic rings. The number of pyridine rings is 1. The van der Waals surface area contributed by atoms with Crippen LogP contribution < -0.4 is 10.1 Å². The molecule has 0 aromatic carbocycles. The van der Waals surface area contributed by atoms with Gasteiger partial charge >= 0.3 is 5.97 Å². The van der Waals surface area contributed by atoms with Gasteiger partial charge in [-0.25, -0.2) is 9.78 Å². The zero-order chi connectivity index (χ0) is 13.5. The number of hydrogen-bond donors (Lipinski definition) is 1. The fraction of sp³-hybridized carbons (Fsp3) is 0.571. The maximum Gasteiger partial charge on any atom is 0.343 e. The topological polar surface area (TPSA) is 60.5 Å². The summed E-state index contributed by atoms with van der Waals surface area (Å²) in [4.78, 5) is 15.6. The molecule has 0 amide bonds. The van der Waals surface area contributed by atoms with Gasteiger partial charge in [-0.1, -0.05) is 0 Å². The highest BCUT2D eigenvalue weighted by atomic mass is 16.5. The van der Waals surface area contributed by atoms with E-state index >= 15 is 0 Å². The van der Waals surface area contributed by atoms with Crippen LogP contribution >= 0.6 is 0 Å². The molecule has 1 aliphatic rings. The summed E-state index contributed by atoms with van der Waals surface area (Å²) >= 11 is 0. The number of piperidine rings is 1. The van der Waals surface area contributed by atoms with E-state index in [1.807, 2.05) is 0 Å². The number of rotatable bonds is 5. The Labute approximate surface area is 113 Å². The van der Waals surface area contributed by atoms with Crippen molar-refractivity contribution in [2.45, 2.75) is 19.3 Å². The zero-order valence-corrected chi connectivity index (χ0v) is 11.2. The van der Waals surface area contributed by atoms with E-state index in [1.54, 1.807) is 18.3 Å². The van der Waals surface area contributed by atoms with E-state index in [0.29, 0.717) is 24.0 Å². The lowest BCUT2D eigenvalue weighted by molar-refractivity contribution is 0.0594. The molecule has 1 atom stereocenters. The third-order valence-electron chi connectivity index (χ3n) is 3.34. The summed E-state index contributed by atoms with van der Waals surface area (Å²) in [6.45, 7) is 2.74. The van der Waals surface area contributed by atoms with Crippen LogP contribution in [0.25, 0.3) is 0 Å². The standard InChI is InChI=1S/C14H20N2O3/c1-18-14(17)12-5-3-8-16-13(12)19-9-6-11-4-2-7-15-10-11/h3,5,8,11,15H,2,4,6-7,9-10H2,1H3. The van der Waals surface area contributed by atoms with Crippen LogP contribution in [0.4, 0.5) is 0 Å². The number of aromatic nitrogens is 1. The Kier molecular flexibility index (Phi) is 5.15. The Balaban J connectivity index is 1.86. The summed E-state index contributed by atoms with van der Waals surface area (Å²) in [5.74, 6) is 0.597. The van der Waals surface area contributed by atoms with Crippen molar-refractivity contribution >= 4 is 5.97 Å². The Morgan fingerprint density at radius 3 is 3.21 bits per heavy atom. The molecule has 0 saturated carbocycles. The number of nitrogens with zero attached hydrogens (tertiary/aromatic N) is 1. The second-order valence-corrected chi connectivity index (χ2v) is 4.70. The molecule has 2 heterocycles. The monoisotopic (exact) mass is 264 g/mol. The average molecular weight is 264 g/mol. The van der Waals surface area contributed by atoms with Crippen molar-refractivity contribution in [2.24, 2.45) is 5.92 Å². The van der Waals surface area contributed by atoms with Crippen LogP contribution in [0.1, 0.15) is 29.6 Å². The molecule has 1 fully saturated rings. The van der Waals surface area contributed by atoms with Crippen LogP contribution in [-0.2, 0) is 4.74 Å². The smallest absolute Gasteiger partial charge is 0.343 e. The summed E-state index contributed by atoms with van der Waals surface area (Å²) in [6, 6.07) is 3.36. The highest BCUT2D eigenvalue weighted by Crippen LogP contribution is 2.18. The van der Waals surface area contributed by atoms with Gasteiger partial charge < -0.3 is 14.8 Å². The van der Waals surface area contributed by atoms with Crippen molar-refractivity contribution in [3.63, 3.8) is 0 Å². The first kappa shape index (κ1) is 13.8. The Morgan fingerprint density at radius 1 is 1.58 bits per heavy atom. The number of carbonyl (C=O) groups is 1. The van der Waals surface area contributed by atoms with E-state index in [0.717, 1.165) is 19.5 Å². The molecule has 19 heavy (non-hydrogen) atoms. The molecular weight excluding hydrogens is 244 g/mol. The van der Waals surface area contributed by atoms with Crippen molar-refractivity contribution in [3.05, 3.63) is 23.9 Å². The Hall–Kier alpha value is -1.62. The third kappa shape index (κ3) is 3.92. The molecule has 104 valence electrons. The van der Waals surface area contributed by atoms with Crippen LogP contribution in [0.3, 0.4) is 0 Å². The van der Waals surface area contributed by atoms with E-state index in [1.165, 1.54) is 20.0 Å². The Morgan fingerprint density at radius 2 is 2.47 bits per heavy atom. The summed E-state index contributed by atoms with van der Waals surface area (Å²) in [5.41, 5.74) is 0.381. The van der Waals surface area contributed by atoms with Crippen molar-refractivity contribution in [1.82, 2.24) is 10.3 Å². The minimum absolute atomic E-state index is 0.359. The summed E-state index contributed by atoms with van der Waals surface area (Å²) in [6.07, 6.45) is 5.05. The molecule has 1 aliphatic heterocycles. The SMILES string of the molecule is COC(=O)c1cccnc1OCCC1CCCNC1. The maximum absolute atomic E-state index is 11.5. The first-order chi connectivity index (χ1) is 9.31. The predicted molar refractivity (Wildman–Crippen MR) is 71.3 cm³/mol. The van der Waals surface area contributed by atoms with Gasteiger partial charge in [0.2, 0.25) is 5.88 Å². The normalized spacial score (nSPS) is 18.9. The van der Waals surface area contributed by atoms with E-state index < -0.39 is 5.97 Å². The molecular formula is C14H20N2O3. The van der Waals surface area contributed by atoms with E-state index in [4.69, 9.17) is 9.47 Å². The average Bonchev–Trinajstić information content (AvgIpc) is 2.48. The minimum atomic E-state index is -0.414. The molecule has 5 heteroatoms. The largest absolute Gasteiger partial charge is 0.477 e. The van der Waals surface area contributed by atoms with Gasteiger partial charge in [0.1, 0.15) is 5.56 Å². The molecule has 2 rings (SSSR count). The molecule has 0 spiro atoms. The second-order valence-electron chi connectivity index (χ2n) is 4.70. The number of hydrogen-bond acceptors (Lipinski definition) is 5. The molecule has 1 saturated heterocycles. The zero-order valence-electron chi connectivity index (χ0n) is 11.2. The van der Waals surface area contributed by atoms with Gasteiger partial charge in [0, 0.05) is 6.20 Å². The fourth-order valence-electron chi connectivity index (χ4n) is 2.26. The van der Waals surface area contributed by atoms with E-state index in [-0.39, 0.29) is 0 Å². The first-order valence-corrected chi connectivity index (χ1v) is 6.68. The number of nitrogens with one attached hydrogen (secondary N) is 1. The lowest BCUT2D eigenvalue weighted by atomic mass is 9.97. The highest BCUT2D eigenvalue weighted by molar-refractivity contribution is 5.91. The fourth-order valence-corrected chi connectivity index (χ4v) is 2.26. The van der Waals surface area contributed by atoms with Gasteiger partial charge in [-0.05, 0) is 50.4 Å². The molecule has 1 aromatic heterocycles. The van der Waals surface area contributed by atoms with Gasteiger partial charge in [-0.2, -0.15) is 0 Å². The molecule has 0 aliphatic carbocycles. The van der Waals surface area contributed by atoms with Crippen LogP contribution in [0.2, 0.25) is 0 Å². The summed E-state index contributed by atoms with van der Waals surface area (Å²) in [5, 5.41) is 3.38. The molecule has 1 unspecified atom stereocenters. The number of ether oxygens (including phenoxy) is 2. The Bertz CT molecular complexity index is 417.